The third-order valence-electron chi connectivity index (χ3n) is 2.82. The van der Waals surface area contributed by atoms with E-state index in [4.69, 9.17) is 20.0 Å². The van der Waals surface area contributed by atoms with E-state index in [0.29, 0.717) is 0 Å². The van der Waals surface area contributed by atoms with Gasteiger partial charge in [0.15, 0.2) is 0 Å². The first-order chi connectivity index (χ1) is 7.21. The van der Waals surface area contributed by atoms with Gasteiger partial charge < -0.3 is 0 Å². The second-order valence-corrected chi connectivity index (χ2v) is 15.2. The van der Waals surface area contributed by atoms with Crippen LogP contribution < -0.4 is 8.79 Å². The molecule has 1 aliphatic rings. The molecule has 0 saturated heterocycles. The van der Waals surface area contributed by atoms with Crippen LogP contribution in [-0.4, -0.2) is 11.4 Å². The van der Waals surface area contributed by atoms with E-state index in [0.717, 1.165) is 0 Å². The molecule has 0 aliphatic carbocycles. The molecule has 0 nitrogen and oxygen atoms in total. The number of hydrogen-bond acceptors (Lipinski definition) is 0. The zero-order valence-corrected chi connectivity index (χ0v) is 11.5. The van der Waals surface area contributed by atoms with Gasteiger partial charge in [-0.3, -0.25) is 0 Å². The first kappa shape index (κ1) is 9.77. The Labute approximate surface area is 99.6 Å². The third kappa shape index (κ3) is 1.29. The second-order valence-electron chi connectivity index (χ2n) is 3.67. The molecule has 3 heteroatoms. The fraction of sp³-hybridized carbons (Fsp3) is 0. The van der Waals surface area contributed by atoms with E-state index in [1.165, 1.54) is 19.9 Å². The summed E-state index contributed by atoms with van der Waals surface area (Å²) in [7, 11) is 13.2. The molecule has 0 aromatic heterocycles. The zero-order valence-electron chi connectivity index (χ0n) is 7.87. The first-order valence-electron chi connectivity index (χ1n) is 4.78. The van der Waals surface area contributed by atoms with Crippen LogP contribution in [0.2, 0.25) is 0 Å². The topological polar surface area (TPSA) is 0 Å². The van der Waals surface area contributed by atoms with Crippen molar-refractivity contribution >= 4 is 40.2 Å². The van der Waals surface area contributed by atoms with Gasteiger partial charge in [0.05, 0.1) is 0 Å². The van der Waals surface area contributed by atoms with Gasteiger partial charge in [-0.1, -0.05) is 0 Å². The molecular weight excluding hydrogens is 288 g/mol. The fourth-order valence-corrected chi connectivity index (χ4v) is 9.78. The quantitative estimate of drug-likeness (QED) is 0.656. The molecule has 0 fully saturated rings. The van der Waals surface area contributed by atoms with Crippen molar-refractivity contribution in [1.82, 2.24) is 0 Å². The summed E-state index contributed by atoms with van der Waals surface area (Å²) in [5.41, 5.74) is 2.44. The molecule has 0 saturated carbocycles. The van der Waals surface area contributed by atoms with Crippen molar-refractivity contribution in [3.8, 4) is 11.1 Å². The van der Waals surface area contributed by atoms with Crippen LogP contribution in [0.5, 0.6) is 0 Å². The molecule has 3 rings (SSSR count). The molecule has 0 atom stereocenters. The van der Waals surface area contributed by atoms with Crippen molar-refractivity contribution in [3.05, 3.63) is 48.5 Å². The van der Waals surface area contributed by atoms with Gasteiger partial charge >= 0.3 is 99.9 Å². The molecule has 0 unspecified atom stereocenters. The maximum atomic E-state index is 6.58. The van der Waals surface area contributed by atoms with E-state index in [-0.39, 0.29) is 0 Å². The Hall–Kier alpha value is -0.437. The Morgan fingerprint density at radius 1 is 0.667 bits per heavy atom. The molecule has 0 spiro atoms. The van der Waals surface area contributed by atoms with Crippen LogP contribution in [0.15, 0.2) is 48.5 Å². The van der Waals surface area contributed by atoms with Crippen molar-refractivity contribution in [1.29, 1.82) is 0 Å². The van der Waals surface area contributed by atoms with Gasteiger partial charge in [0.25, 0.3) is 0 Å². The van der Waals surface area contributed by atoms with Gasteiger partial charge in [-0.15, -0.1) is 0 Å². The normalized spacial score (nSPS) is 15.9. The molecule has 74 valence electrons. The Bertz CT molecular complexity index is 487. The predicted molar refractivity (Wildman–Crippen MR) is 68.6 cm³/mol. The average Bonchev–Trinajstić information content (AvgIpc) is 2.51. The van der Waals surface area contributed by atoms with E-state index in [1.54, 1.807) is 0 Å². The van der Waals surface area contributed by atoms with Crippen LogP contribution in [0.25, 0.3) is 11.1 Å². The third-order valence-corrected chi connectivity index (χ3v) is 11.7. The van der Waals surface area contributed by atoms with Gasteiger partial charge in [0.2, 0.25) is 0 Å². The minimum atomic E-state index is -2.98. The van der Waals surface area contributed by atoms with E-state index in [1.807, 2.05) is 24.3 Å². The summed E-state index contributed by atoms with van der Waals surface area (Å²) in [5, 5.41) is 0. The van der Waals surface area contributed by atoms with Crippen LogP contribution in [-0.2, 0) is 0 Å². The molecule has 1 heterocycles. The van der Waals surface area contributed by atoms with Crippen molar-refractivity contribution in [2.75, 3.05) is 0 Å². The van der Waals surface area contributed by atoms with Crippen LogP contribution in [0.1, 0.15) is 0 Å². The van der Waals surface area contributed by atoms with Crippen molar-refractivity contribution in [2.45, 2.75) is 0 Å². The Morgan fingerprint density at radius 3 is 1.53 bits per heavy atom. The molecule has 1 aliphatic heterocycles. The van der Waals surface area contributed by atoms with Gasteiger partial charge in [-0.25, -0.2) is 0 Å². The summed E-state index contributed by atoms with van der Waals surface area (Å²) in [6.07, 6.45) is 0. The molecular formula is C12H8Cl2Ge. The van der Waals surface area contributed by atoms with Crippen molar-refractivity contribution in [3.63, 3.8) is 0 Å². The molecule has 2 aromatic carbocycles. The van der Waals surface area contributed by atoms with Crippen molar-refractivity contribution < 1.29 is 0 Å². The van der Waals surface area contributed by atoms with E-state index in [9.17, 15) is 0 Å². The number of halogens is 2. The number of hydrogen-bond donors (Lipinski definition) is 0. The predicted octanol–water partition coefficient (Wildman–Crippen LogP) is 2.70. The Balaban J connectivity index is 2.42. The fourth-order valence-electron chi connectivity index (χ4n) is 2.13. The summed E-state index contributed by atoms with van der Waals surface area (Å²) < 4.78 is 2.34. The van der Waals surface area contributed by atoms with Crippen LogP contribution >= 0.6 is 20.0 Å². The standard InChI is InChI=1S/C12H8Cl2Ge/c13-15(14)11-7-3-1-5-9(11)10-6-2-4-8-12(10)15/h1-8H. The van der Waals surface area contributed by atoms with Crippen LogP contribution in [0.3, 0.4) is 0 Å². The van der Waals surface area contributed by atoms with Crippen LogP contribution in [0.4, 0.5) is 0 Å². The van der Waals surface area contributed by atoms with Gasteiger partial charge in [-0.2, -0.15) is 0 Å². The molecule has 0 radical (unpaired) electrons. The summed E-state index contributed by atoms with van der Waals surface area (Å²) in [6, 6.07) is 16.4. The SMILES string of the molecule is [Cl][Ge]1([Cl])[c]2ccccc2-c2cccc[c]21. The van der Waals surface area contributed by atoms with Gasteiger partial charge in [0, 0.05) is 0 Å². The number of fused-ring (bicyclic) bond motifs is 3. The Morgan fingerprint density at radius 2 is 1.07 bits per heavy atom. The summed E-state index contributed by atoms with van der Waals surface area (Å²) in [5.74, 6) is 0. The summed E-state index contributed by atoms with van der Waals surface area (Å²) >= 11 is -2.98. The van der Waals surface area contributed by atoms with E-state index >= 15 is 0 Å². The number of rotatable bonds is 0. The van der Waals surface area contributed by atoms with Gasteiger partial charge in [-0.05, 0) is 0 Å². The molecule has 2 aromatic rings. The average molecular weight is 296 g/mol. The summed E-state index contributed by atoms with van der Waals surface area (Å²) in [6.45, 7) is 0. The molecule has 0 bridgehead atoms. The molecule has 15 heavy (non-hydrogen) atoms. The minimum absolute atomic E-state index is 1.17. The molecule has 0 amide bonds. The van der Waals surface area contributed by atoms with Crippen LogP contribution in [0, 0.1) is 0 Å². The zero-order chi connectivity index (χ0) is 10.5. The van der Waals surface area contributed by atoms with Gasteiger partial charge in [0.1, 0.15) is 0 Å². The second kappa shape index (κ2) is 3.28. The first-order valence-corrected chi connectivity index (χ1v) is 12.4. The van der Waals surface area contributed by atoms with E-state index < -0.39 is 11.4 Å². The molecule has 0 N–H and O–H groups in total. The maximum absolute atomic E-state index is 6.58. The van der Waals surface area contributed by atoms with Crippen molar-refractivity contribution in [2.24, 2.45) is 0 Å². The summed E-state index contributed by atoms with van der Waals surface area (Å²) in [4.78, 5) is 0. The number of benzene rings is 2. The monoisotopic (exact) mass is 296 g/mol. The van der Waals surface area contributed by atoms with E-state index in [2.05, 4.69) is 24.3 Å². The Kier molecular flexibility index (Phi) is 2.13.